The number of rotatable bonds is 15. The number of para-hydroxylation sites is 1. The standard InChI is InChI=1S/C37H41N7O8S/c45-34(24-44(52-28-12-5-6-13-28)53(49,50)29-18-16-27-23-39-42-32(27)22-29)33(21-25-9-2-1-3-10-25)41-37(48)51-43-35(46)15-8-20-38-36(47)31-19-17-26-11-4-7-14-30(26)40-31/h1-4,7,9-11,14,16-19,22-23,28,33-34,45H,5-6,8,12-13,15,20-21,24H2,(H,38,47)(H,39,42)(H,41,48)(H,43,46)/t33-,34+/m0/s1. The summed E-state index contributed by atoms with van der Waals surface area (Å²) in [6.45, 7) is -0.333. The Bertz CT molecular complexity index is 2140. The zero-order chi connectivity index (χ0) is 37.2. The molecule has 53 heavy (non-hydrogen) atoms. The highest BCUT2D eigenvalue weighted by Gasteiger charge is 2.35. The number of fused-ring (bicyclic) bond motifs is 2. The number of aliphatic hydroxyl groups is 1. The number of benzene rings is 3. The lowest BCUT2D eigenvalue weighted by Gasteiger charge is -2.30. The summed E-state index contributed by atoms with van der Waals surface area (Å²) < 4.78 is 28.7. The number of amides is 3. The van der Waals surface area contributed by atoms with Gasteiger partial charge in [0.05, 0.1) is 46.9 Å². The van der Waals surface area contributed by atoms with Crippen LogP contribution in [-0.4, -0.2) is 82.4 Å². The molecular formula is C37H41N7O8S. The summed E-state index contributed by atoms with van der Waals surface area (Å²) in [6, 6.07) is 23.3. The number of hydroxylamine groups is 2. The van der Waals surface area contributed by atoms with Crippen LogP contribution >= 0.6 is 0 Å². The van der Waals surface area contributed by atoms with E-state index in [2.05, 4.69) is 31.3 Å². The van der Waals surface area contributed by atoms with Crippen molar-refractivity contribution in [1.29, 1.82) is 0 Å². The fourth-order valence-corrected chi connectivity index (χ4v) is 7.38. The quantitative estimate of drug-likeness (QED) is 0.0772. The summed E-state index contributed by atoms with van der Waals surface area (Å²) in [5, 5.41) is 25.2. The van der Waals surface area contributed by atoms with E-state index in [-0.39, 0.29) is 48.4 Å². The Morgan fingerprint density at radius 1 is 0.962 bits per heavy atom. The topological polar surface area (TPSA) is 205 Å². The molecule has 0 bridgehead atoms. The zero-order valence-corrected chi connectivity index (χ0v) is 29.6. The van der Waals surface area contributed by atoms with Crippen molar-refractivity contribution in [3.05, 3.63) is 102 Å². The molecule has 1 saturated carbocycles. The highest BCUT2D eigenvalue weighted by Crippen LogP contribution is 2.27. The van der Waals surface area contributed by atoms with Gasteiger partial charge in [0.15, 0.2) is 0 Å². The van der Waals surface area contributed by atoms with Crippen molar-refractivity contribution in [3.63, 3.8) is 0 Å². The Morgan fingerprint density at radius 3 is 2.53 bits per heavy atom. The Morgan fingerprint density at radius 2 is 1.72 bits per heavy atom. The van der Waals surface area contributed by atoms with Crippen LogP contribution in [0.4, 0.5) is 4.79 Å². The number of sulfonamides is 1. The second-order valence-corrected chi connectivity index (χ2v) is 14.6. The van der Waals surface area contributed by atoms with Gasteiger partial charge in [0.25, 0.3) is 21.8 Å². The van der Waals surface area contributed by atoms with Crippen molar-refractivity contribution in [2.24, 2.45) is 0 Å². The Labute approximate surface area is 306 Å². The minimum absolute atomic E-state index is 0.0564. The molecule has 16 heteroatoms. The first-order chi connectivity index (χ1) is 25.7. The van der Waals surface area contributed by atoms with Gasteiger partial charge in [0.2, 0.25) is 0 Å². The number of aromatic nitrogens is 3. The lowest BCUT2D eigenvalue weighted by Crippen LogP contribution is -2.51. The molecule has 6 rings (SSSR count). The van der Waals surface area contributed by atoms with Gasteiger partial charge < -0.3 is 20.6 Å². The molecule has 2 heterocycles. The van der Waals surface area contributed by atoms with E-state index in [9.17, 15) is 27.9 Å². The van der Waals surface area contributed by atoms with Gasteiger partial charge in [0.1, 0.15) is 5.69 Å². The van der Waals surface area contributed by atoms with E-state index in [1.807, 2.05) is 36.4 Å². The average molecular weight is 744 g/mol. The molecule has 1 fully saturated rings. The van der Waals surface area contributed by atoms with E-state index in [4.69, 9.17) is 9.68 Å². The summed E-state index contributed by atoms with van der Waals surface area (Å²) in [5.41, 5.74) is 4.29. The van der Waals surface area contributed by atoms with Crippen molar-refractivity contribution in [2.75, 3.05) is 13.1 Å². The van der Waals surface area contributed by atoms with E-state index < -0.39 is 40.7 Å². The van der Waals surface area contributed by atoms with Crippen molar-refractivity contribution in [3.8, 4) is 0 Å². The summed E-state index contributed by atoms with van der Waals surface area (Å²) >= 11 is 0. The second kappa shape index (κ2) is 17.4. The minimum Gasteiger partial charge on any atom is -0.389 e. The van der Waals surface area contributed by atoms with Gasteiger partial charge in [-0.15, -0.1) is 0 Å². The van der Waals surface area contributed by atoms with Crippen LogP contribution in [0.15, 0.2) is 96.0 Å². The number of pyridine rings is 1. The van der Waals surface area contributed by atoms with E-state index in [0.717, 1.165) is 33.6 Å². The van der Waals surface area contributed by atoms with Crippen molar-refractivity contribution >= 4 is 49.7 Å². The molecule has 0 aliphatic heterocycles. The summed E-state index contributed by atoms with van der Waals surface area (Å²) in [5.74, 6) is -0.997. The van der Waals surface area contributed by atoms with Gasteiger partial charge in [0, 0.05) is 23.7 Å². The van der Waals surface area contributed by atoms with E-state index in [1.54, 1.807) is 42.6 Å². The van der Waals surface area contributed by atoms with Crippen LogP contribution in [0.3, 0.4) is 0 Å². The first kappa shape index (κ1) is 37.3. The second-order valence-electron chi connectivity index (χ2n) is 12.8. The molecule has 5 aromatic rings. The molecule has 2 aromatic heterocycles. The molecule has 0 spiro atoms. The van der Waals surface area contributed by atoms with Crippen LogP contribution in [0.5, 0.6) is 0 Å². The minimum atomic E-state index is -4.28. The van der Waals surface area contributed by atoms with E-state index in [1.165, 1.54) is 12.1 Å². The van der Waals surface area contributed by atoms with Crippen molar-refractivity contribution < 1.29 is 37.6 Å². The average Bonchev–Trinajstić information content (AvgIpc) is 3.87. The summed E-state index contributed by atoms with van der Waals surface area (Å²) in [6.07, 6.45) is 2.07. The molecule has 3 aromatic carbocycles. The molecule has 5 N–H and O–H groups in total. The maximum absolute atomic E-state index is 13.9. The molecule has 278 valence electrons. The normalized spacial score (nSPS) is 14.6. The van der Waals surface area contributed by atoms with Crippen LogP contribution in [0.2, 0.25) is 0 Å². The lowest BCUT2D eigenvalue weighted by atomic mass is 10.0. The molecule has 0 saturated heterocycles. The highest BCUT2D eigenvalue weighted by molar-refractivity contribution is 7.89. The monoisotopic (exact) mass is 743 g/mol. The third-order valence-electron chi connectivity index (χ3n) is 8.91. The van der Waals surface area contributed by atoms with Crippen molar-refractivity contribution in [1.82, 2.24) is 35.8 Å². The Kier molecular flexibility index (Phi) is 12.3. The number of nitrogens with zero attached hydrogens (tertiary/aromatic N) is 3. The number of hydrogen-bond donors (Lipinski definition) is 5. The van der Waals surface area contributed by atoms with Crippen LogP contribution in [0.25, 0.3) is 21.8 Å². The molecule has 0 radical (unpaired) electrons. The number of aliphatic hydroxyl groups excluding tert-OH is 1. The predicted molar refractivity (Wildman–Crippen MR) is 194 cm³/mol. The van der Waals surface area contributed by atoms with Gasteiger partial charge in [-0.1, -0.05) is 71.9 Å². The van der Waals surface area contributed by atoms with E-state index >= 15 is 0 Å². The molecule has 1 aliphatic rings. The van der Waals surface area contributed by atoms with Crippen LogP contribution in [0, 0.1) is 0 Å². The number of aromatic amines is 1. The van der Waals surface area contributed by atoms with Gasteiger partial charge in [-0.25, -0.2) is 18.2 Å². The molecule has 0 unspecified atom stereocenters. The van der Waals surface area contributed by atoms with E-state index in [0.29, 0.717) is 23.9 Å². The van der Waals surface area contributed by atoms with Crippen LogP contribution in [0.1, 0.15) is 54.6 Å². The van der Waals surface area contributed by atoms with Gasteiger partial charge >= 0.3 is 6.09 Å². The van der Waals surface area contributed by atoms with Crippen LogP contribution < -0.4 is 16.1 Å². The number of hydrogen-bond acceptors (Lipinski definition) is 10. The molecule has 2 atom stereocenters. The third kappa shape index (κ3) is 9.92. The van der Waals surface area contributed by atoms with Gasteiger partial charge in [-0.3, -0.25) is 19.5 Å². The SMILES string of the molecule is O=C(CCCNC(=O)c1ccc2ccccc2n1)NOC(=O)N[C@@H](Cc1ccccc1)[C@H](O)CN(OC1CCCC1)S(=O)(=O)c1ccc2cn[nH]c2c1. The largest absolute Gasteiger partial charge is 0.431 e. The molecule has 3 amide bonds. The smallest absolute Gasteiger partial charge is 0.389 e. The Balaban J connectivity index is 1.05. The molecule has 1 aliphatic carbocycles. The Hall–Kier alpha value is -5.42. The lowest BCUT2D eigenvalue weighted by molar-refractivity contribution is -0.145. The third-order valence-corrected chi connectivity index (χ3v) is 10.5. The molecule has 15 nitrogen and oxygen atoms in total. The summed E-state index contributed by atoms with van der Waals surface area (Å²) in [7, 11) is -4.28. The highest BCUT2D eigenvalue weighted by atomic mass is 32.2. The fourth-order valence-electron chi connectivity index (χ4n) is 6.05. The zero-order valence-electron chi connectivity index (χ0n) is 28.8. The van der Waals surface area contributed by atoms with Crippen LogP contribution in [-0.2, 0) is 30.9 Å². The summed E-state index contributed by atoms with van der Waals surface area (Å²) in [4.78, 5) is 53.2. The number of carbonyl (C=O) groups excluding carboxylic acids is 3. The van der Waals surface area contributed by atoms with Gasteiger partial charge in [-0.05, 0) is 61.6 Å². The maximum Gasteiger partial charge on any atom is 0.431 e. The number of H-pyrrole nitrogens is 1. The maximum atomic E-state index is 13.9. The fraction of sp³-hybridized carbons (Fsp3) is 0.324. The van der Waals surface area contributed by atoms with Gasteiger partial charge in [-0.2, -0.15) is 10.6 Å². The first-order valence-corrected chi connectivity index (χ1v) is 18.8. The predicted octanol–water partition coefficient (Wildman–Crippen LogP) is 3.92. The first-order valence-electron chi connectivity index (χ1n) is 17.4. The molecular weight excluding hydrogens is 703 g/mol. The van der Waals surface area contributed by atoms with Crippen molar-refractivity contribution in [2.45, 2.75) is 68.1 Å². The number of carbonyl (C=O) groups is 3. The number of nitrogens with one attached hydrogen (secondary N) is 4.